The van der Waals surface area contributed by atoms with Gasteiger partial charge < -0.3 is 9.84 Å². The Morgan fingerprint density at radius 3 is 2.70 bits per heavy atom. The van der Waals surface area contributed by atoms with Crippen molar-refractivity contribution in [3.05, 3.63) is 0 Å². The van der Waals surface area contributed by atoms with Crippen molar-refractivity contribution in [3.8, 4) is 0 Å². The molecule has 0 aliphatic heterocycles. The average molecular weight is 147 g/mol. The lowest BCUT2D eigenvalue weighted by atomic mass is 10.2. The van der Waals surface area contributed by atoms with Crippen molar-refractivity contribution in [2.24, 2.45) is 0 Å². The third-order valence-corrected chi connectivity index (χ3v) is 1.38. The van der Waals surface area contributed by atoms with Crippen LogP contribution in [-0.2, 0) is 4.74 Å². The molecule has 0 heterocycles. The highest BCUT2D eigenvalue weighted by molar-refractivity contribution is 4.61. The molecule has 2 N–H and O–H groups in total. The highest BCUT2D eigenvalue weighted by atomic mass is 16.5. The molecule has 0 bridgehead atoms. The molecular formula is C7H17NO2. The minimum Gasteiger partial charge on any atom is -0.383 e. The molecule has 0 aliphatic carbocycles. The van der Waals surface area contributed by atoms with Gasteiger partial charge >= 0.3 is 0 Å². The van der Waals surface area contributed by atoms with E-state index >= 15 is 0 Å². The molecule has 0 rings (SSSR count). The standard InChI is InChI=1S/C7H17NO2/c1-3-4-7(5-10-2)8-6-9/h7-9H,3-6H2,1-2H3. The van der Waals surface area contributed by atoms with Crippen LogP contribution in [0.3, 0.4) is 0 Å². The summed E-state index contributed by atoms with van der Waals surface area (Å²) in [5.41, 5.74) is 0. The lowest BCUT2D eigenvalue weighted by molar-refractivity contribution is 0.140. The zero-order valence-corrected chi connectivity index (χ0v) is 6.76. The van der Waals surface area contributed by atoms with Gasteiger partial charge in [-0.3, -0.25) is 5.32 Å². The van der Waals surface area contributed by atoms with E-state index in [9.17, 15) is 0 Å². The molecule has 0 aromatic rings. The molecule has 0 aliphatic rings. The van der Waals surface area contributed by atoms with Gasteiger partial charge in [0.1, 0.15) is 0 Å². The molecule has 62 valence electrons. The fourth-order valence-corrected chi connectivity index (χ4v) is 0.923. The molecule has 0 amide bonds. The molecular weight excluding hydrogens is 130 g/mol. The summed E-state index contributed by atoms with van der Waals surface area (Å²) >= 11 is 0. The van der Waals surface area contributed by atoms with Crippen molar-refractivity contribution in [2.45, 2.75) is 25.8 Å². The van der Waals surface area contributed by atoms with Crippen molar-refractivity contribution >= 4 is 0 Å². The van der Waals surface area contributed by atoms with E-state index < -0.39 is 0 Å². The third-order valence-electron chi connectivity index (χ3n) is 1.38. The molecule has 0 saturated heterocycles. The van der Waals surface area contributed by atoms with Crippen LogP contribution in [0.15, 0.2) is 0 Å². The summed E-state index contributed by atoms with van der Waals surface area (Å²) in [4.78, 5) is 0. The lowest BCUT2D eigenvalue weighted by Gasteiger charge is -2.14. The van der Waals surface area contributed by atoms with E-state index in [0.717, 1.165) is 12.8 Å². The molecule has 1 atom stereocenters. The Morgan fingerprint density at radius 2 is 2.30 bits per heavy atom. The van der Waals surface area contributed by atoms with Crippen molar-refractivity contribution in [1.29, 1.82) is 0 Å². The van der Waals surface area contributed by atoms with Gasteiger partial charge in [0.05, 0.1) is 13.3 Å². The Hall–Kier alpha value is -0.120. The molecule has 0 fully saturated rings. The number of rotatable bonds is 6. The smallest absolute Gasteiger partial charge is 0.0934 e. The summed E-state index contributed by atoms with van der Waals surface area (Å²) in [6.45, 7) is 2.82. The van der Waals surface area contributed by atoms with Gasteiger partial charge in [-0.25, -0.2) is 0 Å². The first-order valence-electron chi connectivity index (χ1n) is 3.68. The van der Waals surface area contributed by atoms with Gasteiger partial charge in [0.15, 0.2) is 0 Å². The minimum atomic E-state index is 0.0357. The van der Waals surface area contributed by atoms with E-state index in [1.807, 2.05) is 0 Å². The van der Waals surface area contributed by atoms with E-state index in [0.29, 0.717) is 12.6 Å². The molecule has 0 spiro atoms. The normalized spacial score (nSPS) is 13.5. The van der Waals surface area contributed by atoms with Gasteiger partial charge in [0.2, 0.25) is 0 Å². The fourth-order valence-electron chi connectivity index (χ4n) is 0.923. The van der Waals surface area contributed by atoms with Gasteiger partial charge in [-0.1, -0.05) is 13.3 Å². The Labute approximate surface area is 62.4 Å². The van der Waals surface area contributed by atoms with Crippen LogP contribution < -0.4 is 5.32 Å². The molecule has 0 aromatic carbocycles. The predicted molar refractivity (Wildman–Crippen MR) is 40.8 cm³/mol. The molecule has 3 nitrogen and oxygen atoms in total. The van der Waals surface area contributed by atoms with Crippen molar-refractivity contribution in [2.75, 3.05) is 20.4 Å². The van der Waals surface area contributed by atoms with Crippen LogP contribution in [0, 0.1) is 0 Å². The SMILES string of the molecule is CCCC(COC)NCO. The number of hydrogen-bond acceptors (Lipinski definition) is 3. The van der Waals surface area contributed by atoms with Crippen LogP contribution in [0.5, 0.6) is 0 Å². The van der Waals surface area contributed by atoms with Crippen molar-refractivity contribution in [1.82, 2.24) is 5.32 Å². The molecule has 10 heavy (non-hydrogen) atoms. The van der Waals surface area contributed by atoms with Gasteiger partial charge in [-0.15, -0.1) is 0 Å². The summed E-state index contributed by atoms with van der Waals surface area (Å²) in [5.74, 6) is 0. The largest absolute Gasteiger partial charge is 0.383 e. The van der Waals surface area contributed by atoms with Crippen molar-refractivity contribution in [3.63, 3.8) is 0 Å². The molecule has 0 radical (unpaired) electrons. The zero-order chi connectivity index (χ0) is 7.82. The first-order valence-corrected chi connectivity index (χ1v) is 3.68. The van der Waals surface area contributed by atoms with Crippen molar-refractivity contribution < 1.29 is 9.84 Å². The van der Waals surface area contributed by atoms with Crippen LogP contribution in [0.2, 0.25) is 0 Å². The van der Waals surface area contributed by atoms with Crippen LogP contribution in [0.25, 0.3) is 0 Å². The monoisotopic (exact) mass is 147 g/mol. The fraction of sp³-hybridized carbons (Fsp3) is 1.00. The van der Waals surface area contributed by atoms with E-state index in [4.69, 9.17) is 9.84 Å². The van der Waals surface area contributed by atoms with Gasteiger partial charge in [-0.2, -0.15) is 0 Å². The van der Waals surface area contributed by atoms with Gasteiger partial charge in [-0.05, 0) is 6.42 Å². The highest BCUT2D eigenvalue weighted by Crippen LogP contribution is 1.95. The second-order valence-corrected chi connectivity index (χ2v) is 2.30. The average Bonchev–Trinajstić information content (AvgIpc) is 1.90. The minimum absolute atomic E-state index is 0.0357. The zero-order valence-electron chi connectivity index (χ0n) is 6.76. The Bertz CT molecular complexity index is 54.4. The van der Waals surface area contributed by atoms with Gasteiger partial charge in [0.25, 0.3) is 0 Å². The quantitative estimate of drug-likeness (QED) is 0.532. The maximum absolute atomic E-state index is 8.52. The first kappa shape index (κ1) is 9.88. The Morgan fingerprint density at radius 1 is 1.60 bits per heavy atom. The topological polar surface area (TPSA) is 41.5 Å². The summed E-state index contributed by atoms with van der Waals surface area (Å²) in [6, 6.07) is 0.306. The summed E-state index contributed by atoms with van der Waals surface area (Å²) < 4.78 is 4.94. The predicted octanol–water partition coefficient (Wildman–Crippen LogP) is 0.341. The highest BCUT2D eigenvalue weighted by Gasteiger charge is 2.03. The number of hydrogen-bond donors (Lipinski definition) is 2. The first-order chi connectivity index (χ1) is 4.85. The Balaban J connectivity index is 3.30. The number of ether oxygens (including phenoxy) is 1. The summed E-state index contributed by atoms with van der Waals surface area (Å²) in [6.07, 6.45) is 2.16. The van der Waals surface area contributed by atoms with Crippen LogP contribution >= 0.6 is 0 Å². The maximum atomic E-state index is 8.52. The maximum Gasteiger partial charge on any atom is 0.0934 e. The number of methoxy groups -OCH3 is 1. The lowest BCUT2D eigenvalue weighted by Crippen LogP contribution is -2.33. The molecule has 1 unspecified atom stereocenters. The number of nitrogens with one attached hydrogen (secondary N) is 1. The molecule has 3 heteroatoms. The van der Waals surface area contributed by atoms with Crippen LogP contribution in [-0.4, -0.2) is 31.6 Å². The second-order valence-electron chi connectivity index (χ2n) is 2.30. The summed E-state index contributed by atoms with van der Waals surface area (Å²) in [5, 5.41) is 11.4. The number of aliphatic hydroxyl groups excluding tert-OH is 1. The Kier molecular flexibility index (Phi) is 6.91. The summed E-state index contributed by atoms with van der Waals surface area (Å²) in [7, 11) is 1.67. The van der Waals surface area contributed by atoms with Gasteiger partial charge in [0, 0.05) is 13.2 Å². The number of aliphatic hydroxyl groups is 1. The third kappa shape index (κ3) is 4.73. The van der Waals surface area contributed by atoms with E-state index in [2.05, 4.69) is 12.2 Å². The van der Waals surface area contributed by atoms with Crippen LogP contribution in [0.1, 0.15) is 19.8 Å². The molecule has 0 saturated carbocycles. The second kappa shape index (κ2) is 6.99. The van der Waals surface area contributed by atoms with Crippen LogP contribution in [0.4, 0.5) is 0 Å². The molecule has 0 aromatic heterocycles. The van der Waals surface area contributed by atoms with E-state index in [-0.39, 0.29) is 6.73 Å². The van der Waals surface area contributed by atoms with E-state index in [1.165, 1.54) is 0 Å². The van der Waals surface area contributed by atoms with E-state index in [1.54, 1.807) is 7.11 Å².